The third-order valence-corrected chi connectivity index (χ3v) is 9.10. The molecule has 48 heavy (non-hydrogen) atoms. The molecule has 0 unspecified atom stereocenters. The van der Waals surface area contributed by atoms with E-state index in [4.69, 9.17) is 23.8 Å². The molecule has 7 aromatic carbocycles. The molecule has 0 saturated carbocycles. The Morgan fingerprint density at radius 3 is 1.81 bits per heavy atom. The van der Waals surface area contributed by atoms with Crippen molar-refractivity contribution in [3.8, 4) is 45.3 Å². The molecule has 224 valence electrons. The highest BCUT2D eigenvalue weighted by molar-refractivity contribution is 6.13. The standard InChI is InChI=1S/C43H25N3O2/c1-2-11-27(12-3-1)41-44-42(30-20-21-38-34(23-30)32-14-6-8-16-36(32)47-38)46-43(45-41)35-24-31(29-19-18-26-10-4-5-13-28(26)22-29)25-39-40(35)33-15-7-9-17-37(33)48-39/h1-25H. The maximum atomic E-state index is 6.49. The van der Waals surface area contributed by atoms with E-state index in [1.807, 2.05) is 78.9 Å². The Labute approximate surface area is 274 Å². The summed E-state index contributed by atoms with van der Waals surface area (Å²) in [5.74, 6) is 1.77. The van der Waals surface area contributed by atoms with Gasteiger partial charge in [0, 0.05) is 38.2 Å². The summed E-state index contributed by atoms with van der Waals surface area (Å²) in [5, 5.41) is 6.44. The molecular formula is C43H25N3O2. The van der Waals surface area contributed by atoms with Gasteiger partial charge in [-0.1, -0.05) is 103 Å². The van der Waals surface area contributed by atoms with Crippen molar-refractivity contribution >= 4 is 54.6 Å². The summed E-state index contributed by atoms with van der Waals surface area (Å²) in [6.07, 6.45) is 0. The molecule has 0 radical (unpaired) electrons. The van der Waals surface area contributed by atoms with Crippen LogP contribution in [0.4, 0.5) is 0 Å². The second kappa shape index (κ2) is 10.5. The van der Waals surface area contributed by atoms with E-state index in [1.165, 1.54) is 10.8 Å². The molecule has 0 fully saturated rings. The predicted molar refractivity (Wildman–Crippen MR) is 194 cm³/mol. The van der Waals surface area contributed by atoms with Crippen LogP contribution in [0.3, 0.4) is 0 Å². The summed E-state index contributed by atoms with van der Waals surface area (Å²) < 4.78 is 12.6. The summed E-state index contributed by atoms with van der Waals surface area (Å²) in [7, 11) is 0. The first-order valence-electron chi connectivity index (χ1n) is 15.9. The lowest BCUT2D eigenvalue weighted by atomic mass is 9.96. The smallest absolute Gasteiger partial charge is 0.164 e. The van der Waals surface area contributed by atoms with Crippen LogP contribution in [-0.4, -0.2) is 15.0 Å². The summed E-state index contributed by atoms with van der Waals surface area (Å²) in [6.45, 7) is 0. The first-order valence-corrected chi connectivity index (χ1v) is 15.9. The van der Waals surface area contributed by atoms with Gasteiger partial charge in [0.05, 0.1) is 0 Å². The molecule has 0 spiro atoms. The van der Waals surface area contributed by atoms with E-state index in [9.17, 15) is 0 Å². The van der Waals surface area contributed by atoms with Gasteiger partial charge in [-0.05, 0) is 70.4 Å². The predicted octanol–water partition coefficient (Wildman–Crippen LogP) is 11.5. The lowest BCUT2D eigenvalue weighted by molar-refractivity contribution is 0.668. The average molecular weight is 616 g/mol. The SMILES string of the molecule is c1ccc(-c2nc(-c3ccc4oc5ccccc5c4c3)nc(-c3cc(-c4ccc5ccccc5c4)cc4oc5ccccc5c34)n2)cc1. The number of para-hydroxylation sites is 2. The van der Waals surface area contributed by atoms with Gasteiger partial charge in [-0.25, -0.2) is 15.0 Å². The van der Waals surface area contributed by atoms with Crippen molar-refractivity contribution in [3.63, 3.8) is 0 Å². The van der Waals surface area contributed by atoms with Crippen molar-refractivity contribution in [3.05, 3.63) is 152 Å². The molecule has 0 saturated heterocycles. The monoisotopic (exact) mass is 615 g/mol. The van der Waals surface area contributed by atoms with Crippen molar-refractivity contribution in [2.24, 2.45) is 0 Å². The van der Waals surface area contributed by atoms with Crippen molar-refractivity contribution in [2.75, 3.05) is 0 Å². The summed E-state index contributed by atoms with van der Waals surface area (Å²) >= 11 is 0. The zero-order valence-corrected chi connectivity index (χ0v) is 25.6. The third-order valence-electron chi connectivity index (χ3n) is 9.10. The Kier molecular flexibility index (Phi) is 5.81. The zero-order chi connectivity index (χ0) is 31.6. The Morgan fingerprint density at radius 2 is 0.958 bits per heavy atom. The highest BCUT2D eigenvalue weighted by Gasteiger charge is 2.20. The minimum atomic E-state index is 0.579. The maximum absolute atomic E-state index is 6.49. The molecule has 10 rings (SSSR count). The molecule has 3 aromatic heterocycles. The van der Waals surface area contributed by atoms with Crippen molar-refractivity contribution in [1.82, 2.24) is 15.0 Å². The molecule has 10 aromatic rings. The molecule has 3 heterocycles. The Balaban J connectivity index is 1.25. The number of fused-ring (bicyclic) bond motifs is 7. The van der Waals surface area contributed by atoms with E-state index < -0.39 is 0 Å². The van der Waals surface area contributed by atoms with Crippen LogP contribution in [-0.2, 0) is 0 Å². The number of nitrogens with zero attached hydrogens (tertiary/aromatic N) is 3. The number of aromatic nitrogens is 3. The molecule has 0 aliphatic rings. The van der Waals surface area contributed by atoms with Crippen LogP contribution in [0, 0.1) is 0 Å². The van der Waals surface area contributed by atoms with Crippen LogP contribution < -0.4 is 0 Å². The normalized spacial score (nSPS) is 11.8. The molecule has 0 bridgehead atoms. The minimum absolute atomic E-state index is 0.579. The third kappa shape index (κ3) is 4.29. The van der Waals surface area contributed by atoms with Gasteiger partial charge in [0.1, 0.15) is 22.3 Å². The molecule has 5 nitrogen and oxygen atoms in total. The fourth-order valence-corrected chi connectivity index (χ4v) is 6.77. The summed E-state index contributed by atoms with van der Waals surface area (Å²) in [4.78, 5) is 15.4. The maximum Gasteiger partial charge on any atom is 0.164 e. The van der Waals surface area contributed by atoms with Gasteiger partial charge in [0.25, 0.3) is 0 Å². The van der Waals surface area contributed by atoms with Crippen LogP contribution in [0.25, 0.3) is 99.9 Å². The Hall–Kier alpha value is -6.59. The van der Waals surface area contributed by atoms with E-state index in [0.717, 1.165) is 71.7 Å². The van der Waals surface area contributed by atoms with E-state index >= 15 is 0 Å². The summed E-state index contributed by atoms with van der Waals surface area (Å²) in [5.41, 5.74) is 8.08. The molecule has 5 heteroatoms. The van der Waals surface area contributed by atoms with E-state index in [2.05, 4.69) is 72.8 Å². The van der Waals surface area contributed by atoms with Gasteiger partial charge in [-0.3, -0.25) is 0 Å². The summed E-state index contributed by atoms with van der Waals surface area (Å²) in [6, 6.07) is 51.7. The molecule has 0 aliphatic carbocycles. The van der Waals surface area contributed by atoms with E-state index in [1.54, 1.807) is 0 Å². The molecule has 0 aliphatic heterocycles. The quantitative estimate of drug-likeness (QED) is 0.197. The minimum Gasteiger partial charge on any atom is -0.456 e. The highest BCUT2D eigenvalue weighted by atomic mass is 16.3. The largest absolute Gasteiger partial charge is 0.456 e. The zero-order valence-electron chi connectivity index (χ0n) is 25.6. The van der Waals surface area contributed by atoms with Crippen molar-refractivity contribution < 1.29 is 8.83 Å². The molecule has 0 N–H and O–H groups in total. The van der Waals surface area contributed by atoms with E-state index in [-0.39, 0.29) is 0 Å². The fourth-order valence-electron chi connectivity index (χ4n) is 6.77. The molecule has 0 amide bonds. The number of hydrogen-bond donors (Lipinski definition) is 0. The van der Waals surface area contributed by atoms with Crippen LogP contribution in [0.5, 0.6) is 0 Å². The topological polar surface area (TPSA) is 65.0 Å². The van der Waals surface area contributed by atoms with Crippen LogP contribution in [0.15, 0.2) is 160 Å². The van der Waals surface area contributed by atoms with Crippen LogP contribution in [0.1, 0.15) is 0 Å². The highest BCUT2D eigenvalue weighted by Crippen LogP contribution is 2.40. The van der Waals surface area contributed by atoms with Gasteiger partial charge >= 0.3 is 0 Å². The first kappa shape index (κ1) is 26.6. The first-order chi connectivity index (χ1) is 23.7. The number of rotatable bonds is 4. The van der Waals surface area contributed by atoms with Crippen molar-refractivity contribution in [1.29, 1.82) is 0 Å². The lowest BCUT2D eigenvalue weighted by Crippen LogP contribution is -2.00. The number of hydrogen-bond acceptors (Lipinski definition) is 5. The van der Waals surface area contributed by atoms with Gasteiger partial charge in [0.2, 0.25) is 0 Å². The lowest BCUT2D eigenvalue weighted by Gasteiger charge is -2.11. The van der Waals surface area contributed by atoms with Gasteiger partial charge < -0.3 is 8.83 Å². The average Bonchev–Trinajstić information content (AvgIpc) is 3.72. The number of benzene rings is 7. The van der Waals surface area contributed by atoms with Gasteiger partial charge in [-0.2, -0.15) is 0 Å². The molecule has 0 atom stereocenters. The number of furan rings is 2. The Morgan fingerprint density at radius 1 is 0.333 bits per heavy atom. The van der Waals surface area contributed by atoms with Gasteiger partial charge in [-0.15, -0.1) is 0 Å². The van der Waals surface area contributed by atoms with Crippen LogP contribution >= 0.6 is 0 Å². The van der Waals surface area contributed by atoms with Crippen molar-refractivity contribution in [2.45, 2.75) is 0 Å². The van der Waals surface area contributed by atoms with Gasteiger partial charge in [0.15, 0.2) is 17.5 Å². The Bertz CT molecular complexity index is 2850. The fraction of sp³-hybridized carbons (Fsp3) is 0. The van der Waals surface area contributed by atoms with E-state index in [0.29, 0.717) is 17.5 Å². The van der Waals surface area contributed by atoms with Crippen LogP contribution in [0.2, 0.25) is 0 Å². The molecular weight excluding hydrogens is 590 g/mol. The second-order valence-corrected chi connectivity index (χ2v) is 12.0. The second-order valence-electron chi connectivity index (χ2n) is 12.0.